The number of carboxylic acids is 1. The minimum Gasteiger partial charge on any atom is -1.00 e. The summed E-state index contributed by atoms with van der Waals surface area (Å²) in [6.07, 6.45) is 18.0. The summed E-state index contributed by atoms with van der Waals surface area (Å²) in [6.45, 7) is 2.22. The van der Waals surface area contributed by atoms with Crippen LogP contribution in [0.15, 0.2) is 12.2 Å². The summed E-state index contributed by atoms with van der Waals surface area (Å²) in [4.78, 5) is 38.2. The van der Waals surface area contributed by atoms with Gasteiger partial charge in [-0.3, -0.25) is 14.1 Å². The van der Waals surface area contributed by atoms with Crippen LogP contribution in [0.1, 0.15) is 106 Å². The van der Waals surface area contributed by atoms with Gasteiger partial charge in [-0.1, -0.05) is 70.4 Å². The van der Waals surface area contributed by atoms with Crippen molar-refractivity contribution >= 4 is 28.0 Å². The van der Waals surface area contributed by atoms with E-state index in [9.17, 15) is 22.8 Å². The number of allylic oxidation sites excluding steroid dienone is 2. The Labute approximate surface area is 251 Å². The SMILES string of the molecule is CCCCCCCC/C=C\CCCCCCCC(=O)NOC(=O)C(CC(=O)O)S(=O)(=O)O.[H-].[H-].[Na+].[Na+]. The maximum absolute atomic E-state index is 11.7. The summed E-state index contributed by atoms with van der Waals surface area (Å²) in [7, 11) is -4.96. The first-order chi connectivity index (χ1) is 15.2. The second kappa shape index (κ2) is 24.7. The van der Waals surface area contributed by atoms with Crippen LogP contribution in [-0.4, -0.2) is 41.2 Å². The van der Waals surface area contributed by atoms with Crippen LogP contribution in [0.5, 0.6) is 0 Å². The predicted molar refractivity (Wildman–Crippen MR) is 124 cm³/mol. The first kappa shape index (κ1) is 38.6. The fourth-order valence-electron chi connectivity index (χ4n) is 3.05. The summed E-state index contributed by atoms with van der Waals surface area (Å²) < 4.78 is 31.0. The Hall–Kier alpha value is 0.0600. The molecule has 1 unspecified atom stereocenters. The molecule has 9 nitrogen and oxygen atoms in total. The molecule has 0 aromatic carbocycles. The third-order valence-electron chi connectivity index (χ3n) is 4.91. The van der Waals surface area contributed by atoms with E-state index in [2.05, 4.69) is 23.9 Å². The number of hydrogen-bond acceptors (Lipinski definition) is 6. The number of unbranched alkanes of at least 4 members (excludes halogenated alkanes) is 11. The predicted octanol–water partition coefficient (Wildman–Crippen LogP) is -1.44. The minimum absolute atomic E-state index is 0. The summed E-state index contributed by atoms with van der Waals surface area (Å²) in [5, 5.41) is 6.31. The van der Waals surface area contributed by atoms with Crippen molar-refractivity contribution < 1.29 is 99.3 Å². The number of carbonyl (C=O) groups excluding carboxylic acids is 2. The molecule has 1 amide bonds. The number of aliphatic carboxylic acids is 1. The van der Waals surface area contributed by atoms with E-state index < -0.39 is 39.6 Å². The third-order valence-corrected chi connectivity index (χ3v) is 5.99. The number of hydroxylamine groups is 1. The van der Waals surface area contributed by atoms with Crippen LogP contribution in [0.25, 0.3) is 0 Å². The molecule has 1 atom stereocenters. The maximum atomic E-state index is 11.7. The van der Waals surface area contributed by atoms with E-state index in [1.165, 1.54) is 38.5 Å². The van der Waals surface area contributed by atoms with E-state index in [-0.39, 0.29) is 68.4 Å². The Morgan fingerprint density at radius 2 is 1.35 bits per heavy atom. The van der Waals surface area contributed by atoms with Gasteiger partial charge in [0.05, 0.1) is 6.42 Å². The minimum atomic E-state index is -4.96. The zero-order chi connectivity index (χ0) is 24.2. The summed E-state index contributed by atoms with van der Waals surface area (Å²) in [5.41, 5.74) is 1.79. The van der Waals surface area contributed by atoms with Crippen molar-refractivity contribution in [3.63, 3.8) is 0 Å². The maximum Gasteiger partial charge on any atom is 1.00 e. The molecule has 0 aliphatic heterocycles. The van der Waals surface area contributed by atoms with Crippen LogP contribution < -0.4 is 64.6 Å². The molecule has 0 aromatic rings. The first-order valence-electron chi connectivity index (χ1n) is 11.5. The topological polar surface area (TPSA) is 147 Å². The van der Waals surface area contributed by atoms with Gasteiger partial charge in [-0.05, 0) is 32.1 Å². The van der Waals surface area contributed by atoms with Gasteiger partial charge in [-0.2, -0.15) is 13.9 Å². The molecule has 190 valence electrons. The zero-order valence-corrected chi connectivity index (χ0v) is 25.9. The van der Waals surface area contributed by atoms with Crippen molar-refractivity contribution in [2.45, 2.75) is 108 Å². The van der Waals surface area contributed by atoms with Crippen molar-refractivity contribution in [2.75, 3.05) is 0 Å². The molecule has 0 spiro atoms. The van der Waals surface area contributed by atoms with E-state index in [0.29, 0.717) is 6.42 Å². The Balaban J connectivity index is -0.000000801. The van der Waals surface area contributed by atoms with Crippen LogP contribution >= 0.6 is 0 Å². The van der Waals surface area contributed by atoms with Gasteiger partial charge in [0.2, 0.25) is 0 Å². The van der Waals surface area contributed by atoms with Crippen molar-refractivity contribution in [1.29, 1.82) is 0 Å². The van der Waals surface area contributed by atoms with Crippen molar-refractivity contribution in [1.82, 2.24) is 5.48 Å². The number of rotatable bonds is 19. The van der Waals surface area contributed by atoms with Gasteiger partial charge in [-0.25, -0.2) is 4.79 Å². The molecule has 0 bridgehead atoms. The first-order valence-corrected chi connectivity index (χ1v) is 13.0. The van der Waals surface area contributed by atoms with Gasteiger partial charge in [0, 0.05) is 6.42 Å². The van der Waals surface area contributed by atoms with E-state index in [1.807, 2.05) is 0 Å². The van der Waals surface area contributed by atoms with E-state index in [4.69, 9.17) is 9.66 Å². The fraction of sp³-hybridized carbons (Fsp3) is 0.773. The Morgan fingerprint density at radius 3 is 1.82 bits per heavy atom. The summed E-state index contributed by atoms with van der Waals surface area (Å²) >= 11 is 0. The zero-order valence-electron chi connectivity index (χ0n) is 23.1. The van der Waals surface area contributed by atoms with Crippen LogP contribution in [-0.2, 0) is 29.3 Å². The second-order valence-corrected chi connectivity index (χ2v) is 9.48. The average molecular weight is 526 g/mol. The van der Waals surface area contributed by atoms with Gasteiger partial charge in [-0.15, -0.1) is 0 Å². The molecule has 0 aliphatic carbocycles. The third kappa shape index (κ3) is 23.8. The number of nitrogens with one attached hydrogen (secondary N) is 1. The molecule has 0 rings (SSSR count). The largest absolute Gasteiger partial charge is 1.00 e. The number of carbonyl (C=O) groups is 3. The number of carboxylic acid groups (broad SMARTS) is 1. The van der Waals surface area contributed by atoms with Crippen molar-refractivity contribution in [2.24, 2.45) is 0 Å². The van der Waals surface area contributed by atoms with Crippen LogP contribution in [0.2, 0.25) is 0 Å². The smallest absolute Gasteiger partial charge is 1.00 e. The van der Waals surface area contributed by atoms with E-state index >= 15 is 0 Å². The molecule has 0 heterocycles. The normalized spacial score (nSPS) is 11.8. The molecular formula is C22H41NNa2O8S. The van der Waals surface area contributed by atoms with Gasteiger partial charge in [0.1, 0.15) is 0 Å². The van der Waals surface area contributed by atoms with Gasteiger partial charge in [0.15, 0.2) is 5.25 Å². The average Bonchev–Trinajstić information content (AvgIpc) is 2.72. The summed E-state index contributed by atoms with van der Waals surface area (Å²) in [6, 6.07) is 0. The molecular weight excluding hydrogens is 484 g/mol. The quantitative estimate of drug-likeness (QED) is 0.0611. The Bertz CT molecular complexity index is 698. The van der Waals surface area contributed by atoms with Crippen molar-refractivity contribution in [3.8, 4) is 0 Å². The van der Waals surface area contributed by atoms with Crippen molar-refractivity contribution in [3.05, 3.63) is 12.2 Å². The molecule has 3 N–H and O–H groups in total. The van der Waals surface area contributed by atoms with E-state index in [0.717, 1.165) is 38.5 Å². The molecule has 34 heavy (non-hydrogen) atoms. The second-order valence-electron chi connectivity index (χ2n) is 7.88. The molecule has 0 saturated heterocycles. The number of amides is 1. The van der Waals surface area contributed by atoms with Gasteiger partial charge in [0.25, 0.3) is 16.0 Å². The van der Waals surface area contributed by atoms with Crippen LogP contribution in [0.3, 0.4) is 0 Å². The molecule has 0 saturated carbocycles. The molecule has 12 heteroatoms. The number of hydrogen-bond donors (Lipinski definition) is 3. The standard InChI is InChI=1S/C22H39NO8S.2Na.2H/c1-2-3-4-5-6-7-8-9-10-11-12-13-14-15-16-17-20(24)23-31-22(27)19(18-21(25)26)32(28,29)30;;;;/h9-10,19H,2-8,11-18H2,1H3,(H,23,24)(H,25,26)(H,28,29,30);;;;/q;2*+1;2*-1/b10-9-;;;;. The Morgan fingerprint density at radius 1 is 0.882 bits per heavy atom. The van der Waals surface area contributed by atoms with E-state index in [1.54, 1.807) is 5.48 Å². The molecule has 0 aromatic heterocycles. The Kier molecular flexibility index (Phi) is 28.1. The van der Waals surface area contributed by atoms with Crippen LogP contribution in [0.4, 0.5) is 0 Å². The summed E-state index contributed by atoms with van der Waals surface area (Å²) in [5.74, 6) is -3.78. The molecule has 0 aliphatic rings. The molecule has 0 fully saturated rings. The monoisotopic (exact) mass is 525 g/mol. The fourth-order valence-corrected chi connectivity index (χ4v) is 3.69. The van der Waals surface area contributed by atoms with Gasteiger partial charge < -0.3 is 12.8 Å². The van der Waals surface area contributed by atoms with Gasteiger partial charge >= 0.3 is 71.1 Å². The molecule has 0 radical (unpaired) electrons. The van der Waals surface area contributed by atoms with Crippen LogP contribution in [0, 0.1) is 0 Å².